The molecular weight excluding hydrogens is 304 g/mol. The fourth-order valence-electron chi connectivity index (χ4n) is 4.04. The molecule has 0 unspecified atom stereocenters. The van der Waals surface area contributed by atoms with Crippen molar-refractivity contribution in [3.63, 3.8) is 0 Å². The molecule has 0 aliphatic heterocycles. The first-order valence-corrected chi connectivity index (χ1v) is 9.09. The van der Waals surface area contributed by atoms with Crippen LogP contribution in [-0.2, 0) is 0 Å². The van der Waals surface area contributed by atoms with Crippen LogP contribution in [0.15, 0.2) is 66.7 Å². The maximum absolute atomic E-state index is 6.04. The van der Waals surface area contributed by atoms with E-state index >= 15 is 0 Å². The van der Waals surface area contributed by atoms with E-state index in [0.29, 0.717) is 0 Å². The maximum atomic E-state index is 6.04. The summed E-state index contributed by atoms with van der Waals surface area (Å²) in [7, 11) is 0. The summed E-state index contributed by atoms with van der Waals surface area (Å²) < 4.78 is 6.04. The van der Waals surface area contributed by atoms with Gasteiger partial charge in [-0.1, -0.05) is 67.9 Å². The van der Waals surface area contributed by atoms with Crippen molar-refractivity contribution in [1.82, 2.24) is 0 Å². The predicted molar refractivity (Wildman–Crippen MR) is 108 cm³/mol. The average molecular weight is 324 g/mol. The van der Waals surface area contributed by atoms with E-state index in [1.165, 1.54) is 43.1 Å². The van der Waals surface area contributed by atoms with Crippen molar-refractivity contribution in [3.8, 4) is 5.75 Å². The van der Waals surface area contributed by atoms with E-state index in [4.69, 9.17) is 4.74 Å². The molecule has 0 aliphatic rings. The lowest BCUT2D eigenvalue weighted by atomic mass is 9.90. The SMILES string of the molecule is CCCCOc1cc2cccc3c4cccc5cccc(c(c1)c23)c54. The first-order valence-electron chi connectivity index (χ1n) is 9.09. The van der Waals surface area contributed by atoms with Gasteiger partial charge in [0.2, 0.25) is 0 Å². The van der Waals surface area contributed by atoms with E-state index in [1.807, 2.05) is 0 Å². The standard InChI is InChI=1S/C24H20O/c1-2-3-13-25-18-14-17-9-6-11-20-19-10-4-7-16-8-5-12-21(23(16)19)22(15-18)24(17)20/h4-12,14-15H,2-3,13H2,1H3. The third-order valence-corrected chi connectivity index (χ3v) is 5.20. The van der Waals surface area contributed by atoms with Crippen LogP contribution in [0.25, 0.3) is 43.1 Å². The van der Waals surface area contributed by atoms with Crippen molar-refractivity contribution in [1.29, 1.82) is 0 Å². The lowest BCUT2D eigenvalue weighted by Gasteiger charge is -2.16. The maximum Gasteiger partial charge on any atom is 0.120 e. The summed E-state index contributed by atoms with van der Waals surface area (Å²) in [6.07, 6.45) is 2.24. The van der Waals surface area contributed by atoms with Gasteiger partial charge < -0.3 is 4.74 Å². The highest BCUT2D eigenvalue weighted by Gasteiger charge is 2.13. The minimum atomic E-state index is 0.780. The third-order valence-electron chi connectivity index (χ3n) is 5.20. The summed E-state index contributed by atoms with van der Waals surface area (Å²) in [6.45, 7) is 2.97. The Hall–Kier alpha value is -2.80. The smallest absolute Gasteiger partial charge is 0.120 e. The van der Waals surface area contributed by atoms with Gasteiger partial charge in [-0.3, -0.25) is 0 Å². The summed E-state index contributed by atoms with van der Waals surface area (Å²) in [5.41, 5.74) is 0. The zero-order valence-corrected chi connectivity index (χ0v) is 14.4. The molecule has 0 fully saturated rings. The van der Waals surface area contributed by atoms with E-state index in [-0.39, 0.29) is 0 Å². The van der Waals surface area contributed by atoms with Crippen LogP contribution in [0, 0.1) is 0 Å². The summed E-state index contributed by atoms with van der Waals surface area (Å²) >= 11 is 0. The lowest BCUT2D eigenvalue weighted by Crippen LogP contribution is -1.97. The quantitative estimate of drug-likeness (QED) is 0.198. The molecule has 0 amide bonds. The van der Waals surface area contributed by atoms with Crippen LogP contribution < -0.4 is 4.74 Å². The third kappa shape index (κ3) is 2.16. The van der Waals surface area contributed by atoms with Gasteiger partial charge in [0.05, 0.1) is 6.61 Å². The van der Waals surface area contributed by atoms with E-state index in [9.17, 15) is 0 Å². The largest absolute Gasteiger partial charge is 0.494 e. The van der Waals surface area contributed by atoms with Gasteiger partial charge in [0.25, 0.3) is 0 Å². The average Bonchev–Trinajstić information content (AvgIpc) is 2.66. The molecule has 0 aliphatic carbocycles. The monoisotopic (exact) mass is 324 g/mol. The van der Waals surface area contributed by atoms with Gasteiger partial charge in [0.1, 0.15) is 5.75 Å². The molecule has 5 aromatic carbocycles. The fourth-order valence-corrected chi connectivity index (χ4v) is 4.04. The van der Waals surface area contributed by atoms with Crippen LogP contribution in [0.2, 0.25) is 0 Å². The molecule has 0 radical (unpaired) electrons. The van der Waals surface area contributed by atoms with Gasteiger partial charge in [-0.15, -0.1) is 0 Å². The van der Waals surface area contributed by atoms with Crippen molar-refractivity contribution in [2.75, 3.05) is 6.61 Å². The summed E-state index contributed by atoms with van der Waals surface area (Å²) in [4.78, 5) is 0. The summed E-state index contributed by atoms with van der Waals surface area (Å²) in [5, 5.41) is 10.5. The zero-order valence-electron chi connectivity index (χ0n) is 14.4. The van der Waals surface area contributed by atoms with Crippen LogP contribution in [0.1, 0.15) is 19.8 Å². The number of unbranched alkanes of at least 4 members (excludes halogenated alkanes) is 1. The van der Waals surface area contributed by atoms with Crippen LogP contribution in [0.3, 0.4) is 0 Å². The van der Waals surface area contributed by atoms with Crippen molar-refractivity contribution >= 4 is 43.1 Å². The second-order valence-electron chi connectivity index (χ2n) is 6.79. The Morgan fingerprint density at radius 2 is 1.28 bits per heavy atom. The van der Waals surface area contributed by atoms with Gasteiger partial charge in [-0.05, 0) is 61.6 Å². The first-order chi connectivity index (χ1) is 12.4. The second kappa shape index (κ2) is 5.63. The number of hydrogen-bond donors (Lipinski definition) is 0. The van der Waals surface area contributed by atoms with Gasteiger partial charge in [0, 0.05) is 0 Å². The van der Waals surface area contributed by atoms with Crippen molar-refractivity contribution in [2.45, 2.75) is 19.8 Å². The molecule has 25 heavy (non-hydrogen) atoms. The molecule has 0 saturated heterocycles. The summed E-state index contributed by atoms with van der Waals surface area (Å²) in [6, 6.07) is 24.2. The first kappa shape index (κ1) is 14.5. The molecule has 122 valence electrons. The molecule has 1 nitrogen and oxygen atoms in total. The normalized spacial score (nSPS) is 11.9. The van der Waals surface area contributed by atoms with Crippen LogP contribution in [-0.4, -0.2) is 6.61 Å². The predicted octanol–water partition coefficient (Wildman–Crippen LogP) is 6.92. The van der Waals surface area contributed by atoms with Crippen LogP contribution in [0.5, 0.6) is 5.75 Å². The topological polar surface area (TPSA) is 9.23 Å². The van der Waals surface area contributed by atoms with E-state index in [1.54, 1.807) is 0 Å². The van der Waals surface area contributed by atoms with Crippen molar-refractivity contribution < 1.29 is 4.74 Å². The molecule has 0 heterocycles. The second-order valence-corrected chi connectivity index (χ2v) is 6.79. The number of rotatable bonds is 4. The van der Waals surface area contributed by atoms with Gasteiger partial charge in [-0.25, -0.2) is 0 Å². The van der Waals surface area contributed by atoms with E-state index < -0.39 is 0 Å². The van der Waals surface area contributed by atoms with Gasteiger partial charge in [-0.2, -0.15) is 0 Å². The van der Waals surface area contributed by atoms with E-state index in [0.717, 1.165) is 25.2 Å². The molecule has 0 atom stereocenters. The molecule has 0 spiro atoms. The molecule has 5 aromatic rings. The van der Waals surface area contributed by atoms with Gasteiger partial charge in [0.15, 0.2) is 0 Å². The molecule has 5 rings (SSSR count). The highest BCUT2D eigenvalue weighted by molar-refractivity contribution is 6.33. The number of ether oxygens (including phenoxy) is 1. The Morgan fingerprint density at radius 3 is 1.96 bits per heavy atom. The molecular formula is C24H20O. The number of fused-ring (bicyclic) bond motifs is 2. The van der Waals surface area contributed by atoms with Crippen molar-refractivity contribution in [2.24, 2.45) is 0 Å². The Bertz CT molecular complexity index is 1200. The molecule has 0 bridgehead atoms. The molecule has 0 N–H and O–H groups in total. The lowest BCUT2D eigenvalue weighted by molar-refractivity contribution is 0.310. The van der Waals surface area contributed by atoms with Crippen LogP contribution in [0.4, 0.5) is 0 Å². The highest BCUT2D eigenvalue weighted by atomic mass is 16.5. The summed E-state index contributed by atoms with van der Waals surface area (Å²) in [5.74, 6) is 0.976. The minimum Gasteiger partial charge on any atom is -0.494 e. The zero-order chi connectivity index (χ0) is 16.8. The number of hydrogen-bond acceptors (Lipinski definition) is 1. The number of benzene rings is 5. The molecule has 1 heteroatoms. The Labute approximate surface area is 147 Å². The minimum absolute atomic E-state index is 0.780. The fraction of sp³-hybridized carbons (Fsp3) is 0.167. The van der Waals surface area contributed by atoms with Crippen LogP contribution >= 0.6 is 0 Å². The van der Waals surface area contributed by atoms with Crippen molar-refractivity contribution in [3.05, 3.63) is 66.7 Å². The Morgan fingerprint density at radius 1 is 0.680 bits per heavy atom. The molecule has 0 saturated carbocycles. The Balaban J connectivity index is 1.92. The van der Waals surface area contributed by atoms with E-state index in [2.05, 4.69) is 73.7 Å². The molecule has 0 aromatic heterocycles. The highest BCUT2D eigenvalue weighted by Crippen LogP contribution is 2.41. The van der Waals surface area contributed by atoms with Gasteiger partial charge >= 0.3 is 0 Å². The Kier molecular flexibility index (Phi) is 3.27.